The fourth-order valence-corrected chi connectivity index (χ4v) is 1.93. The third kappa shape index (κ3) is 4.21. The van der Waals surface area contributed by atoms with Crippen molar-refractivity contribution >= 4 is 11.5 Å². The van der Waals surface area contributed by atoms with E-state index in [-0.39, 0.29) is 18.0 Å². The molecule has 2 rings (SSSR count). The highest BCUT2D eigenvalue weighted by atomic mass is 19.1. The highest BCUT2D eigenvalue weighted by Crippen LogP contribution is 2.10. The van der Waals surface area contributed by atoms with Crippen molar-refractivity contribution in [3.8, 4) is 0 Å². The molecule has 3 heteroatoms. The number of rotatable bonds is 5. The average Bonchev–Trinajstić information content (AvgIpc) is 2.38. The Labute approximate surface area is 112 Å². The van der Waals surface area contributed by atoms with Gasteiger partial charge in [0.15, 0.2) is 0 Å². The van der Waals surface area contributed by atoms with E-state index in [1.54, 1.807) is 12.1 Å². The zero-order valence-corrected chi connectivity index (χ0v) is 10.6. The summed E-state index contributed by atoms with van der Waals surface area (Å²) in [5.41, 5.74) is 8.12. The number of halogens is 1. The SMILES string of the molecule is Nc1ccc(CCC(=O)Cc2cccc(F)c2)cc1. The number of nitrogens with two attached hydrogens (primary N) is 1. The summed E-state index contributed by atoms with van der Waals surface area (Å²) in [6, 6.07) is 13.7. The first-order valence-electron chi connectivity index (χ1n) is 6.24. The minimum Gasteiger partial charge on any atom is -0.399 e. The van der Waals surface area contributed by atoms with Gasteiger partial charge in [0.25, 0.3) is 0 Å². The Kier molecular flexibility index (Phi) is 4.29. The summed E-state index contributed by atoms with van der Waals surface area (Å²) in [5.74, 6) is -0.189. The van der Waals surface area contributed by atoms with Gasteiger partial charge in [-0.1, -0.05) is 24.3 Å². The summed E-state index contributed by atoms with van der Waals surface area (Å²) in [7, 11) is 0. The van der Waals surface area contributed by atoms with E-state index in [0.29, 0.717) is 12.8 Å². The minimum atomic E-state index is -0.302. The summed E-state index contributed by atoms with van der Waals surface area (Å²) in [6.45, 7) is 0. The fraction of sp³-hybridized carbons (Fsp3) is 0.188. The van der Waals surface area contributed by atoms with Gasteiger partial charge in [0.2, 0.25) is 0 Å². The maximum atomic E-state index is 13.0. The van der Waals surface area contributed by atoms with E-state index in [9.17, 15) is 9.18 Å². The molecule has 2 nitrogen and oxygen atoms in total. The molecular formula is C16H16FNO. The van der Waals surface area contributed by atoms with Crippen molar-refractivity contribution in [1.82, 2.24) is 0 Å². The number of anilines is 1. The maximum Gasteiger partial charge on any atom is 0.137 e. The van der Waals surface area contributed by atoms with Crippen LogP contribution in [0.25, 0.3) is 0 Å². The highest BCUT2D eigenvalue weighted by Gasteiger charge is 2.05. The van der Waals surface area contributed by atoms with Crippen LogP contribution in [0, 0.1) is 5.82 Å². The minimum absolute atomic E-state index is 0.113. The number of nitrogen functional groups attached to an aromatic ring is 1. The van der Waals surface area contributed by atoms with Gasteiger partial charge in [-0.25, -0.2) is 4.39 Å². The Hall–Kier alpha value is -2.16. The molecule has 0 saturated carbocycles. The Bertz CT molecular complexity index is 563. The third-order valence-corrected chi connectivity index (χ3v) is 2.96. The number of hydrogen-bond donors (Lipinski definition) is 1. The summed E-state index contributed by atoms with van der Waals surface area (Å²) in [4.78, 5) is 11.8. The van der Waals surface area contributed by atoms with Crippen LogP contribution in [0.5, 0.6) is 0 Å². The van der Waals surface area contributed by atoms with Gasteiger partial charge in [0.1, 0.15) is 11.6 Å². The van der Waals surface area contributed by atoms with Crippen LogP contribution >= 0.6 is 0 Å². The van der Waals surface area contributed by atoms with Crippen molar-refractivity contribution in [2.75, 3.05) is 5.73 Å². The molecule has 0 radical (unpaired) electrons. The molecule has 0 unspecified atom stereocenters. The first-order chi connectivity index (χ1) is 9.13. The van der Waals surface area contributed by atoms with Crippen LogP contribution in [0.1, 0.15) is 17.5 Å². The Balaban J connectivity index is 1.86. The number of benzene rings is 2. The molecule has 0 saturated heterocycles. The van der Waals surface area contributed by atoms with Gasteiger partial charge in [-0.2, -0.15) is 0 Å². The molecular weight excluding hydrogens is 241 g/mol. The lowest BCUT2D eigenvalue weighted by atomic mass is 10.0. The summed E-state index contributed by atoms with van der Waals surface area (Å²) in [5, 5.41) is 0. The molecule has 0 aliphatic rings. The van der Waals surface area contributed by atoms with Gasteiger partial charge in [-0.05, 0) is 41.8 Å². The molecule has 0 atom stereocenters. The van der Waals surface area contributed by atoms with Gasteiger partial charge >= 0.3 is 0 Å². The van der Waals surface area contributed by atoms with Crippen LogP contribution in [0.15, 0.2) is 48.5 Å². The van der Waals surface area contributed by atoms with Gasteiger partial charge in [-0.3, -0.25) is 4.79 Å². The predicted molar refractivity (Wildman–Crippen MR) is 74.3 cm³/mol. The van der Waals surface area contributed by atoms with Crippen molar-refractivity contribution in [2.45, 2.75) is 19.3 Å². The quantitative estimate of drug-likeness (QED) is 0.836. The number of aryl methyl sites for hydroxylation is 1. The molecule has 0 amide bonds. The smallest absolute Gasteiger partial charge is 0.137 e. The maximum absolute atomic E-state index is 13.0. The second-order valence-electron chi connectivity index (χ2n) is 4.59. The highest BCUT2D eigenvalue weighted by molar-refractivity contribution is 5.81. The van der Waals surface area contributed by atoms with Crippen LogP contribution in [0.4, 0.5) is 10.1 Å². The van der Waals surface area contributed by atoms with Gasteiger partial charge < -0.3 is 5.73 Å². The molecule has 0 heterocycles. The molecule has 0 spiro atoms. The Morgan fingerprint density at radius 1 is 1.05 bits per heavy atom. The van der Waals surface area contributed by atoms with Crippen molar-refractivity contribution in [3.63, 3.8) is 0 Å². The summed E-state index contributed by atoms with van der Waals surface area (Å²) in [6.07, 6.45) is 1.43. The monoisotopic (exact) mass is 257 g/mol. The van der Waals surface area contributed by atoms with Crippen molar-refractivity contribution in [1.29, 1.82) is 0 Å². The van der Waals surface area contributed by atoms with E-state index in [0.717, 1.165) is 16.8 Å². The average molecular weight is 257 g/mol. The second kappa shape index (κ2) is 6.14. The normalized spacial score (nSPS) is 10.4. The molecule has 0 bridgehead atoms. The topological polar surface area (TPSA) is 43.1 Å². The van der Waals surface area contributed by atoms with E-state index in [1.807, 2.05) is 24.3 Å². The number of hydrogen-bond acceptors (Lipinski definition) is 2. The molecule has 19 heavy (non-hydrogen) atoms. The summed E-state index contributed by atoms with van der Waals surface area (Å²) >= 11 is 0. The number of ketones is 1. The molecule has 2 N–H and O–H groups in total. The first-order valence-corrected chi connectivity index (χ1v) is 6.24. The number of carbonyl (C=O) groups excluding carboxylic acids is 1. The summed E-state index contributed by atoms with van der Waals surface area (Å²) < 4.78 is 13.0. The van der Waals surface area contributed by atoms with Crippen LogP contribution in [-0.2, 0) is 17.6 Å². The van der Waals surface area contributed by atoms with Crippen LogP contribution in [-0.4, -0.2) is 5.78 Å². The molecule has 0 aliphatic heterocycles. The molecule has 0 aliphatic carbocycles. The van der Waals surface area contributed by atoms with E-state index in [4.69, 9.17) is 5.73 Å². The van der Waals surface area contributed by atoms with E-state index < -0.39 is 0 Å². The predicted octanol–water partition coefficient (Wildman–Crippen LogP) is 3.15. The Morgan fingerprint density at radius 3 is 2.47 bits per heavy atom. The lowest BCUT2D eigenvalue weighted by Crippen LogP contribution is -2.04. The first kappa shape index (κ1) is 13.3. The molecule has 0 fully saturated rings. The number of Topliss-reactive ketones (excluding diaryl/α,β-unsaturated/α-hetero) is 1. The van der Waals surface area contributed by atoms with Crippen LogP contribution in [0.2, 0.25) is 0 Å². The van der Waals surface area contributed by atoms with Gasteiger partial charge in [-0.15, -0.1) is 0 Å². The zero-order valence-electron chi connectivity index (χ0n) is 10.6. The molecule has 2 aromatic carbocycles. The molecule has 2 aromatic rings. The second-order valence-corrected chi connectivity index (χ2v) is 4.59. The van der Waals surface area contributed by atoms with Crippen LogP contribution in [0.3, 0.4) is 0 Å². The molecule has 0 aromatic heterocycles. The van der Waals surface area contributed by atoms with Crippen molar-refractivity contribution in [3.05, 3.63) is 65.5 Å². The zero-order chi connectivity index (χ0) is 13.7. The van der Waals surface area contributed by atoms with E-state index in [1.165, 1.54) is 12.1 Å². The third-order valence-electron chi connectivity index (χ3n) is 2.96. The van der Waals surface area contributed by atoms with Gasteiger partial charge in [0, 0.05) is 18.5 Å². The lowest BCUT2D eigenvalue weighted by molar-refractivity contribution is -0.118. The standard InChI is InChI=1S/C16H16FNO/c17-14-3-1-2-13(10-14)11-16(19)9-6-12-4-7-15(18)8-5-12/h1-5,7-8,10H,6,9,11,18H2. The molecule has 98 valence electrons. The Morgan fingerprint density at radius 2 is 1.79 bits per heavy atom. The van der Waals surface area contributed by atoms with E-state index in [2.05, 4.69) is 0 Å². The largest absolute Gasteiger partial charge is 0.399 e. The number of carbonyl (C=O) groups is 1. The van der Waals surface area contributed by atoms with Crippen molar-refractivity contribution < 1.29 is 9.18 Å². The lowest BCUT2D eigenvalue weighted by Gasteiger charge is -2.03. The van der Waals surface area contributed by atoms with Gasteiger partial charge in [0.05, 0.1) is 0 Å². The van der Waals surface area contributed by atoms with E-state index >= 15 is 0 Å². The fourth-order valence-electron chi connectivity index (χ4n) is 1.93. The van der Waals surface area contributed by atoms with Crippen molar-refractivity contribution in [2.24, 2.45) is 0 Å². The van der Waals surface area contributed by atoms with Crippen LogP contribution < -0.4 is 5.73 Å².